The molecule has 0 bridgehead atoms. The van der Waals surface area contributed by atoms with Gasteiger partial charge in [0.05, 0.1) is 17.2 Å². The number of nitriles is 1. The topological polar surface area (TPSA) is 119 Å². The molecule has 0 aliphatic heterocycles. The Morgan fingerprint density at radius 3 is 2.56 bits per heavy atom. The van der Waals surface area contributed by atoms with Crippen LogP contribution in [0.1, 0.15) is 15.9 Å². The molecule has 1 aromatic rings. The number of rotatable bonds is 4. The summed E-state index contributed by atoms with van der Waals surface area (Å²) < 4.78 is 4.98. The first-order valence-electron chi connectivity index (χ1n) is 4.29. The summed E-state index contributed by atoms with van der Waals surface area (Å²) in [5.41, 5.74) is 10.4. The van der Waals surface area contributed by atoms with Crippen molar-refractivity contribution in [2.24, 2.45) is 11.5 Å². The van der Waals surface area contributed by atoms with Crippen LogP contribution < -0.4 is 16.2 Å². The van der Waals surface area contributed by atoms with Crippen molar-refractivity contribution in [2.45, 2.75) is 0 Å². The van der Waals surface area contributed by atoms with Crippen molar-refractivity contribution in [2.75, 3.05) is 6.61 Å². The lowest BCUT2D eigenvalue weighted by molar-refractivity contribution is -0.119. The van der Waals surface area contributed by atoms with E-state index in [-0.39, 0.29) is 17.9 Å². The van der Waals surface area contributed by atoms with Crippen LogP contribution in [0.2, 0.25) is 0 Å². The zero-order chi connectivity index (χ0) is 12.1. The number of amides is 2. The van der Waals surface area contributed by atoms with Gasteiger partial charge in [-0.3, -0.25) is 9.59 Å². The average Bonchev–Trinajstić information content (AvgIpc) is 2.25. The second kappa shape index (κ2) is 4.79. The summed E-state index contributed by atoms with van der Waals surface area (Å²) in [6.07, 6.45) is 0. The lowest BCUT2D eigenvalue weighted by Gasteiger charge is -2.07. The molecule has 1 aromatic carbocycles. The number of hydrogen-bond donors (Lipinski definition) is 2. The van der Waals surface area contributed by atoms with E-state index in [1.54, 1.807) is 0 Å². The van der Waals surface area contributed by atoms with Crippen LogP contribution in [0.15, 0.2) is 18.2 Å². The Labute approximate surface area is 91.4 Å². The van der Waals surface area contributed by atoms with Gasteiger partial charge < -0.3 is 16.2 Å². The van der Waals surface area contributed by atoms with Gasteiger partial charge in [0.15, 0.2) is 6.61 Å². The van der Waals surface area contributed by atoms with E-state index < -0.39 is 11.8 Å². The van der Waals surface area contributed by atoms with Gasteiger partial charge in [0.2, 0.25) is 0 Å². The van der Waals surface area contributed by atoms with Crippen molar-refractivity contribution < 1.29 is 14.3 Å². The molecular weight excluding hydrogens is 210 g/mol. The monoisotopic (exact) mass is 219 g/mol. The van der Waals surface area contributed by atoms with E-state index in [1.807, 2.05) is 6.07 Å². The van der Waals surface area contributed by atoms with Gasteiger partial charge in [0, 0.05) is 0 Å². The van der Waals surface area contributed by atoms with Crippen molar-refractivity contribution in [3.8, 4) is 11.8 Å². The lowest BCUT2D eigenvalue weighted by Crippen LogP contribution is -2.21. The predicted molar refractivity (Wildman–Crippen MR) is 54.4 cm³/mol. The number of nitrogens with zero attached hydrogens (tertiary/aromatic N) is 1. The molecule has 6 nitrogen and oxygen atoms in total. The molecule has 0 aliphatic carbocycles. The van der Waals surface area contributed by atoms with Crippen LogP contribution >= 0.6 is 0 Å². The summed E-state index contributed by atoms with van der Waals surface area (Å²) >= 11 is 0. The summed E-state index contributed by atoms with van der Waals surface area (Å²) in [6, 6.07) is 5.98. The second-order valence-electron chi connectivity index (χ2n) is 2.94. The molecule has 0 saturated carbocycles. The van der Waals surface area contributed by atoms with Crippen molar-refractivity contribution in [3.05, 3.63) is 29.3 Å². The highest BCUT2D eigenvalue weighted by atomic mass is 16.5. The molecule has 0 aliphatic rings. The van der Waals surface area contributed by atoms with E-state index in [1.165, 1.54) is 18.2 Å². The molecule has 0 fully saturated rings. The highest BCUT2D eigenvalue weighted by Gasteiger charge is 2.11. The molecule has 0 saturated heterocycles. The van der Waals surface area contributed by atoms with E-state index >= 15 is 0 Å². The molecule has 1 rings (SSSR count). The minimum absolute atomic E-state index is 0.0744. The van der Waals surface area contributed by atoms with Crippen LogP contribution in [-0.4, -0.2) is 18.4 Å². The Morgan fingerprint density at radius 1 is 1.38 bits per heavy atom. The summed E-state index contributed by atoms with van der Waals surface area (Å²) in [5.74, 6) is -1.31. The van der Waals surface area contributed by atoms with Gasteiger partial charge in [-0.2, -0.15) is 5.26 Å². The van der Waals surface area contributed by atoms with Gasteiger partial charge in [0.25, 0.3) is 11.8 Å². The first-order chi connectivity index (χ1) is 7.54. The van der Waals surface area contributed by atoms with Gasteiger partial charge in [-0.05, 0) is 18.2 Å². The van der Waals surface area contributed by atoms with E-state index in [9.17, 15) is 9.59 Å². The zero-order valence-corrected chi connectivity index (χ0v) is 8.27. The van der Waals surface area contributed by atoms with Crippen molar-refractivity contribution in [1.82, 2.24) is 0 Å². The molecule has 0 spiro atoms. The van der Waals surface area contributed by atoms with Gasteiger partial charge in [-0.25, -0.2) is 0 Å². The normalized spacial score (nSPS) is 9.19. The van der Waals surface area contributed by atoms with Crippen LogP contribution in [0.5, 0.6) is 5.75 Å². The van der Waals surface area contributed by atoms with Gasteiger partial charge in [-0.15, -0.1) is 0 Å². The van der Waals surface area contributed by atoms with E-state index in [4.69, 9.17) is 21.5 Å². The molecule has 4 N–H and O–H groups in total. The zero-order valence-electron chi connectivity index (χ0n) is 8.27. The molecule has 0 unspecified atom stereocenters. The number of carbonyl (C=O) groups is 2. The average molecular weight is 219 g/mol. The summed E-state index contributed by atoms with van der Waals surface area (Å²) in [4.78, 5) is 21.5. The highest BCUT2D eigenvalue weighted by Crippen LogP contribution is 2.19. The van der Waals surface area contributed by atoms with Crippen molar-refractivity contribution in [1.29, 1.82) is 5.26 Å². The Hall–Kier alpha value is -2.55. The number of hydrogen-bond acceptors (Lipinski definition) is 4. The largest absolute Gasteiger partial charge is 0.483 e. The Kier molecular flexibility index (Phi) is 3.45. The van der Waals surface area contributed by atoms with Crippen LogP contribution in [0.25, 0.3) is 0 Å². The minimum Gasteiger partial charge on any atom is -0.483 e. The van der Waals surface area contributed by atoms with Crippen molar-refractivity contribution >= 4 is 11.8 Å². The van der Waals surface area contributed by atoms with E-state index in [0.29, 0.717) is 5.56 Å². The SMILES string of the molecule is N#Cc1ccc(C(N)=O)c(OCC(N)=O)c1. The molecule has 0 aromatic heterocycles. The Balaban J connectivity index is 3.06. The fourth-order valence-corrected chi connectivity index (χ4v) is 1.06. The van der Waals surface area contributed by atoms with Gasteiger partial charge in [0.1, 0.15) is 5.75 Å². The fraction of sp³-hybridized carbons (Fsp3) is 0.100. The predicted octanol–water partition coefficient (Wildman–Crippen LogP) is -0.479. The molecule has 2 amide bonds. The molecule has 16 heavy (non-hydrogen) atoms. The van der Waals surface area contributed by atoms with Crippen LogP contribution in [0.3, 0.4) is 0 Å². The third kappa shape index (κ3) is 2.72. The first kappa shape index (κ1) is 11.5. The maximum absolute atomic E-state index is 11.0. The van der Waals surface area contributed by atoms with E-state index in [0.717, 1.165) is 0 Å². The molecular formula is C10H9N3O3. The van der Waals surface area contributed by atoms with Gasteiger partial charge in [-0.1, -0.05) is 0 Å². The fourth-order valence-electron chi connectivity index (χ4n) is 1.06. The summed E-state index contributed by atoms with van der Waals surface area (Å²) in [6.45, 7) is -0.380. The highest BCUT2D eigenvalue weighted by molar-refractivity contribution is 5.95. The Bertz CT molecular complexity index is 477. The number of primary amides is 2. The van der Waals surface area contributed by atoms with Crippen LogP contribution in [-0.2, 0) is 4.79 Å². The molecule has 0 heterocycles. The second-order valence-corrected chi connectivity index (χ2v) is 2.94. The third-order valence-corrected chi connectivity index (χ3v) is 1.75. The third-order valence-electron chi connectivity index (χ3n) is 1.75. The van der Waals surface area contributed by atoms with E-state index in [2.05, 4.69) is 0 Å². The summed E-state index contributed by atoms with van der Waals surface area (Å²) in [7, 11) is 0. The maximum Gasteiger partial charge on any atom is 0.255 e. The minimum atomic E-state index is -0.705. The maximum atomic E-state index is 11.0. The van der Waals surface area contributed by atoms with Crippen LogP contribution in [0, 0.1) is 11.3 Å². The smallest absolute Gasteiger partial charge is 0.255 e. The first-order valence-corrected chi connectivity index (χ1v) is 4.29. The lowest BCUT2D eigenvalue weighted by atomic mass is 10.1. The molecule has 6 heteroatoms. The number of ether oxygens (including phenoxy) is 1. The number of nitrogens with two attached hydrogens (primary N) is 2. The quantitative estimate of drug-likeness (QED) is 0.710. The molecule has 82 valence electrons. The molecule has 0 atom stereocenters. The van der Waals surface area contributed by atoms with Crippen molar-refractivity contribution in [3.63, 3.8) is 0 Å². The summed E-state index contributed by atoms with van der Waals surface area (Å²) in [5, 5.41) is 8.66. The standard InChI is InChI=1S/C10H9N3O3/c11-4-6-1-2-7(10(13)15)8(3-6)16-5-9(12)14/h1-3H,5H2,(H2,12,14)(H2,13,15). The van der Waals surface area contributed by atoms with Crippen LogP contribution in [0.4, 0.5) is 0 Å². The number of benzene rings is 1. The Morgan fingerprint density at radius 2 is 2.06 bits per heavy atom. The molecule has 0 radical (unpaired) electrons. The van der Waals surface area contributed by atoms with Gasteiger partial charge >= 0.3 is 0 Å². The number of carbonyl (C=O) groups excluding carboxylic acids is 2.